The van der Waals surface area contributed by atoms with E-state index in [-0.39, 0.29) is 4.90 Å². The summed E-state index contributed by atoms with van der Waals surface area (Å²) in [7, 11) is -3.72. The molecule has 2 rings (SSSR count). The Labute approximate surface area is 129 Å². The number of para-hydroxylation sites is 2. The van der Waals surface area contributed by atoms with E-state index in [9.17, 15) is 13.2 Å². The highest BCUT2D eigenvalue weighted by Gasteiger charge is 2.16. The predicted molar refractivity (Wildman–Crippen MR) is 87.3 cm³/mol. The zero-order chi connectivity index (χ0) is 16.2. The van der Waals surface area contributed by atoms with Crippen LogP contribution in [-0.4, -0.2) is 14.3 Å². The van der Waals surface area contributed by atoms with Crippen LogP contribution >= 0.6 is 0 Å². The Bertz CT molecular complexity index is 796. The summed E-state index contributed by atoms with van der Waals surface area (Å²) in [6.45, 7) is 5.25. The van der Waals surface area contributed by atoms with Crippen molar-refractivity contribution in [3.63, 3.8) is 0 Å². The lowest BCUT2D eigenvalue weighted by molar-refractivity contribution is -0.111. The van der Waals surface area contributed by atoms with Gasteiger partial charge in [0.05, 0.1) is 16.3 Å². The van der Waals surface area contributed by atoms with Crippen LogP contribution in [0.1, 0.15) is 5.56 Å². The lowest BCUT2D eigenvalue weighted by atomic mass is 10.2. The second-order valence-corrected chi connectivity index (χ2v) is 6.34. The molecule has 0 aliphatic heterocycles. The van der Waals surface area contributed by atoms with Gasteiger partial charge in [-0.05, 0) is 37.3 Å². The minimum Gasteiger partial charge on any atom is -0.321 e. The number of carbonyl (C=O) groups is 1. The highest BCUT2D eigenvalue weighted by Crippen LogP contribution is 2.24. The van der Waals surface area contributed by atoms with Gasteiger partial charge in [-0.2, -0.15) is 0 Å². The monoisotopic (exact) mass is 316 g/mol. The van der Waals surface area contributed by atoms with E-state index in [1.165, 1.54) is 12.1 Å². The molecule has 6 heteroatoms. The second-order valence-electron chi connectivity index (χ2n) is 4.66. The van der Waals surface area contributed by atoms with Crippen molar-refractivity contribution >= 4 is 27.3 Å². The molecule has 22 heavy (non-hydrogen) atoms. The Hall–Kier alpha value is -2.60. The summed E-state index contributed by atoms with van der Waals surface area (Å²) in [6.07, 6.45) is 1.12. The maximum absolute atomic E-state index is 12.4. The molecule has 0 aliphatic carbocycles. The van der Waals surface area contributed by atoms with E-state index in [0.717, 1.165) is 11.6 Å². The van der Waals surface area contributed by atoms with Gasteiger partial charge in [0.2, 0.25) is 5.91 Å². The van der Waals surface area contributed by atoms with Gasteiger partial charge < -0.3 is 5.32 Å². The first-order chi connectivity index (χ1) is 10.4. The molecule has 0 atom stereocenters. The summed E-state index contributed by atoms with van der Waals surface area (Å²) in [4.78, 5) is 11.6. The van der Waals surface area contributed by atoms with Gasteiger partial charge in [0.15, 0.2) is 0 Å². The summed E-state index contributed by atoms with van der Waals surface area (Å²) in [5.41, 5.74) is 1.62. The topological polar surface area (TPSA) is 75.3 Å². The molecule has 0 saturated heterocycles. The summed E-state index contributed by atoms with van der Waals surface area (Å²) in [6, 6.07) is 13.1. The van der Waals surface area contributed by atoms with Crippen LogP contribution in [-0.2, 0) is 14.8 Å². The largest absolute Gasteiger partial charge is 0.321 e. The third kappa shape index (κ3) is 3.73. The maximum atomic E-state index is 12.4. The number of sulfonamides is 1. The van der Waals surface area contributed by atoms with Crippen LogP contribution < -0.4 is 10.0 Å². The Morgan fingerprint density at radius 2 is 1.64 bits per heavy atom. The lowest BCUT2D eigenvalue weighted by Gasteiger charge is -2.13. The molecule has 0 heterocycles. The number of amides is 1. The standard InChI is InChI=1S/C16H16N2O3S/c1-3-16(19)17-14-6-4-5-7-15(14)18-22(20,21)13-10-8-12(2)9-11-13/h3-11,18H,1H2,2H3,(H,17,19). The maximum Gasteiger partial charge on any atom is 0.261 e. The Morgan fingerprint density at radius 1 is 1.05 bits per heavy atom. The van der Waals surface area contributed by atoms with Crippen molar-refractivity contribution in [1.82, 2.24) is 0 Å². The summed E-state index contributed by atoms with van der Waals surface area (Å²) >= 11 is 0. The van der Waals surface area contributed by atoms with E-state index in [0.29, 0.717) is 11.4 Å². The first-order valence-corrected chi connectivity index (χ1v) is 8.02. The van der Waals surface area contributed by atoms with Crippen LogP contribution in [0.5, 0.6) is 0 Å². The van der Waals surface area contributed by atoms with Gasteiger partial charge in [-0.3, -0.25) is 9.52 Å². The molecule has 0 saturated carbocycles. The Balaban J connectivity index is 2.32. The minimum absolute atomic E-state index is 0.156. The molecule has 0 aromatic heterocycles. The van der Waals surface area contributed by atoms with Crippen molar-refractivity contribution in [2.45, 2.75) is 11.8 Å². The average molecular weight is 316 g/mol. The molecule has 114 valence electrons. The molecule has 2 aromatic carbocycles. The zero-order valence-corrected chi connectivity index (χ0v) is 12.9. The van der Waals surface area contributed by atoms with Gasteiger partial charge in [-0.25, -0.2) is 8.42 Å². The number of nitrogens with one attached hydrogen (secondary N) is 2. The SMILES string of the molecule is C=CC(=O)Nc1ccccc1NS(=O)(=O)c1ccc(C)cc1. The van der Waals surface area contributed by atoms with Crippen molar-refractivity contribution in [2.75, 3.05) is 10.0 Å². The van der Waals surface area contributed by atoms with Crippen LogP contribution in [0.3, 0.4) is 0 Å². The molecular weight excluding hydrogens is 300 g/mol. The first kappa shape index (κ1) is 15.8. The minimum atomic E-state index is -3.72. The molecule has 2 N–H and O–H groups in total. The molecule has 0 spiro atoms. The summed E-state index contributed by atoms with van der Waals surface area (Å²) in [5.74, 6) is -0.415. The number of carbonyl (C=O) groups excluding carboxylic acids is 1. The molecule has 5 nitrogen and oxygen atoms in total. The number of hydrogen-bond donors (Lipinski definition) is 2. The molecule has 0 bridgehead atoms. The Morgan fingerprint density at radius 3 is 2.23 bits per heavy atom. The van der Waals surface area contributed by atoms with Gasteiger partial charge in [-0.1, -0.05) is 36.4 Å². The number of rotatable bonds is 5. The van der Waals surface area contributed by atoms with E-state index < -0.39 is 15.9 Å². The fourth-order valence-corrected chi connectivity index (χ4v) is 2.87. The van der Waals surface area contributed by atoms with Gasteiger partial charge >= 0.3 is 0 Å². The van der Waals surface area contributed by atoms with Gasteiger partial charge in [0, 0.05) is 0 Å². The Kier molecular flexibility index (Phi) is 4.62. The number of aryl methyl sites for hydroxylation is 1. The zero-order valence-electron chi connectivity index (χ0n) is 12.0. The van der Waals surface area contributed by atoms with E-state index in [1.54, 1.807) is 36.4 Å². The molecule has 2 aromatic rings. The van der Waals surface area contributed by atoms with Crippen LogP contribution in [0.15, 0.2) is 66.1 Å². The first-order valence-electron chi connectivity index (χ1n) is 6.54. The van der Waals surface area contributed by atoms with Crippen molar-refractivity contribution in [3.8, 4) is 0 Å². The van der Waals surface area contributed by atoms with Crippen molar-refractivity contribution in [3.05, 3.63) is 66.7 Å². The molecular formula is C16H16N2O3S. The van der Waals surface area contributed by atoms with E-state index in [4.69, 9.17) is 0 Å². The van der Waals surface area contributed by atoms with Crippen LogP contribution in [0.25, 0.3) is 0 Å². The van der Waals surface area contributed by atoms with Crippen LogP contribution in [0.2, 0.25) is 0 Å². The third-order valence-electron chi connectivity index (χ3n) is 2.95. The van der Waals surface area contributed by atoms with E-state index in [2.05, 4.69) is 16.6 Å². The van der Waals surface area contributed by atoms with Gasteiger partial charge in [0.25, 0.3) is 10.0 Å². The van der Waals surface area contributed by atoms with Gasteiger partial charge in [-0.15, -0.1) is 0 Å². The third-order valence-corrected chi connectivity index (χ3v) is 4.33. The van der Waals surface area contributed by atoms with E-state index >= 15 is 0 Å². The highest BCUT2D eigenvalue weighted by atomic mass is 32.2. The van der Waals surface area contributed by atoms with Gasteiger partial charge in [0.1, 0.15) is 0 Å². The van der Waals surface area contributed by atoms with Crippen LogP contribution in [0.4, 0.5) is 11.4 Å². The molecule has 1 amide bonds. The molecule has 0 radical (unpaired) electrons. The quantitative estimate of drug-likeness (QED) is 0.833. The van der Waals surface area contributed by atoms with Crippen molar-refractivity contribution in [2.24, 2.45) is 0 Å². The molecule has 0 unspecified atom stereocenters. The molecule has 0 fully saturated rings. The van der Waals surface area contributed by atoms with Crippen LogP contribution in [0, 0.1) is 6.92 Å². The smallest absolute Gasteiger partial charge is 0.261 e. The van der Waals surface area contributed by atoms with Crippen molar-refractivity contribution < 1.29 is 13.2 Å². The second kappa shape index (κ2) is 6.44. The highest BCUT2D eigenvalue weighted by molar-refractivity contribution is 7.92. The van der Waals surface area contributed by atoms with Crippen molar-refractivity contribution in [1.29, 1.82) is 0 Å². The lowest BCUT2D eigenvalue weighted by Crippen LogP contribution is -2.16. The molecule has 0 aliphatic rings. The normalized spacial score (nSPS) is 10.8. The summed E-state index contributed by atoms with van der Waals surface area (Å²) < 4.78 is 27.2. The number of hydrogen-bond acceptors (Lipinski definition) is 3. The predicted octanol–water partition coefficient (Wildman–Crippen LogP) is 2.92. The fourth-order valence-electron chi connectivity index (χ4n) is 1.79. The van der Waals surface area contributed by atoms with E-state index in [1.807, 2.05) is 6.92 Å². The number of anilines is 2. The number of benzene rings is 2. The average Bonchev–Trinajstić information content (AvgIpc) is 2.49. The fraction of sp³-hybridized carbons (Fsp3) is 0.0625. The summed E-state index contributed by atoms with van der Waals surface area (Å²) in [5, 5.41) is 2.56.